The zero-order chi connectivity index (χ0) is 37.6. The number of benzene rings is 5. The first kappa shape index (κ1) is 33.0. The van der Waals surface area contributed by atoms with Gasteiger partial charge in [-0.2, -0.15) is 0 Å². The van der Waals surface area contributed by atoms with Crippen molar-refractivity contribution in [3.63, 3.8) is 0 Å². The Hall–Kier alpha value is -7.85. The highest BCUT2D eigenvalue weighted by atomic mass is 16.5. The van der Waals surface area contributed by atoms with Gasteiger partial charge in [0, 0.05) is 43.8 Å². The highest BCUT2D eigenvalue weighted by molar-refractivity contribution is 6.06. The molecule has 0 saturated carbocycles. The molecule has 4 heterocycles. The van der Waals surface area contributed by atoms with Gasteiger partial charge in [-0.1, -0.05) is 72.8 Å². The Bertz CT molecular complexity index is 3070. The molecule has 262 valence electrons. The van der Waals surface area contributed by atoms with E-state index in [-0.39, 0.29) is 11.1 Å². The Morgan fingerprint density at radius 1 is 0.436 bits per heavy atom. The van der Waals surface area contributed by atoms with Gasteiger partial charge in [0.05, 0.1) is 56.0 Å². The van der Waals surface area contributed by atoms with E-state index in [1.165, 1.54) is 6.07 Å². The van der Waals surface area contributed by atoms with E-state index in [4.69, 9.17) is 24.7 Å². The van der Waals surface area contributed by atoms with Gasteiger partial charge in [-0.25, -0.2) is 29.5 Å². The van der Waals surface area contributed by atoms with Crippen LogP contribution >= 0.6 is 0 Å². The van der Waals surface area contributed by atoms with Crippen LogP contribution in [0.15, 0.2) is 140 Å². The van der Waals surface area contributed by atoms with Crippen molar-refractivity contribution in [2.24, 2.45) is 0 Å². The Balaban J connectivity index is 1.16. The smallest absolute Gasteiger partial charge is 0.335 e. The maximum atomic E-state index is 12.5. The quantitative estimate of drug-likeness (QED) is 0.115. The van der Waals surface area contributed by atoms with E-state index < -0.39 is 11.9 Å². The number of pyridine rings is 4. The van der Waals surface area contributed by atoms with Crippen molar-refractivity contribution < 1.29 is 29.3 Å². The molecular formula is C45H26N4O6. The van der Waals surface area contributed by atoms with E-state index in [1.807, 2.05) is 91.0 Å². The summed E-state index contributed by atoms with van der Waals surface area (Å²) in [6.45, 7) is 0.383. The normalized spacial score (nSPS) is 11.3. The zero-order valence-corrected chi connectivity index (χ0v) is 28.7. The average Bonchev–Trinajstić information content (AvgIpc) is 3.22. The van der Waals surface area contributed by atoms with Gasteiger partial charge in [-0.15, -0.1) is 0 Å². The predicted octanol–water partition coefficient (Wildman–Crippen LogP) is 9.48. The summed E-state index contributed by atoms with van der Waals surface area (Å²) in [4.78, 5) is 55.0. The number of ether oxygens (including phenoxy) is 1. The van der Waals surface area contributed by atoms with E-state index >= 15 is 0 Å². The largest absolute Gasteiger partial charge is 0.478 e. The monoisotopic (exact) mass is 718 g/mol. The standard InChI is InChI=1S/C45H26N4O6/c50-24-55-35-6-2-4-30(23-35)37-16-12-26-8-10-28-14-18-39(49-43(28)41(26)47-37)33-20-32(21-34(22-33)45(53)54)38-17-13-27-9-7-25-11-15-36(46-40(25)42(27)48-38)29-3-1-5-31(19-29)44(51)52/h1-24H,(H,51,52)(H,53,54). The van der Waals surface area contributed by atoms with E-state index in [0.717, 1.165) is 27.1 Å². The number of carbonyl (C=O) groups excluding carboxylic acids is 1. The molecule has 0 spiro atoms. The second kappa shape index (κ2) is 13.3. The Labute approximate surface area is 312 Å². The van der Waals surface area contributed by atoms with Crippen LogP contribution < -0.4 is 4.74 Å². The van der Waals surface area contributed by atoms with Gasteiger partial charge in [0.25, 0.3) is 6.47 Å². The van der Waals surface area contributed by atoms with Crippen molar-refractivity contribution >= 4 is 62.0 Å². The summed E-state index contributed by atoms with van der Waals surface area (Å²) >= 11 is 0. The molecule has 9 aromatic rings. The number of fused-ring (bicyclic) bond motifs is 6. The summed E-state index contributed by atoms with van der Waals surface area (Å²) in [5, 5.41) is 23.2. The number of rotatable bonds is 8. The maximum Gasteiger partial charge on any atom is 0.335 e. The molecule has 0 amide bonds. The van der Waals surface area contributed by atoms with Crippen molar-refractivity contribution in [1.29, 1.82) is 0 Å². The second-order valence-corrected chi connectivity index (χ2v) is 12.9. The first-order valence-corrected chi connectivity index (χ1v) is 17.2. The summed E-state index contributed by atoms with van der Waals surface area (Å²) in [6, 6.07) is 41.8. The number of aromatic nitrogens is 4. The van der Waals surface area contributed by atoms with Crippen molar-refractivity contribution in [3.8, 4) is 50.8 Å². The van der Waals surface area contributed by atoms with Crippen LogP contribution in [0.3, 0.4) is 0 Å². The number of nitrogens with zero attached hydrogens (tertiary/aromatic N) is 4. The van der Waals surface area contributed by atoms with E-state index in [1.54, 1.807) is 42.5 Å². The van der Waals surface area contributed by atoms with Crippen LogP contribution in [-0.4, -0.2) is 48.6 Å². The fourth-order valence-electron chi connectivity index (χ4n) is 6.82. The third-order valence-corrected chi connectivity index (χ3v) is 9.53. The minimum atomic E-state index is -1.09. The third kappa shape index (κ3) is 6.13. The molecule has 0 aliphatic carbocycles. The van der Waals surface area contributed by atoms with Crippen LogP contribution in [0.5, 0.6) is 5.75 Å². The summed E-state index contributed by atoms with van der Waals surface area (Å²) in [5.74, 6) is -1.71. The highest BCUT2D eigenvalue weighted by Crippen LogP contribution is 2.34. The van der Waals surface area contributed by atoms with E-state index in [2.05, 4.69) is 0 Å². The Kier molecular flexibility index (Phi) is 7.98. The molecule has 0 radical (unpaired) electrons. The Morgan fingerprint density at radius 2 is 0.818 bits per heavy atom. The fraction of sp³-hybridized carbons (Fsp3) is 0. The van der Waals surface area contributed by atoms with Gasteiger partial charge in [0.2, 0.25) is 0 Å². The lowest BCUT2D eigenvalue weighted by Crippen LogP contribution is -1.99. The van der Waals surface area contributed by atoms with Crippen molar-refractivity contribution in [1.82, 2.24) is 19.9 Å². The number of carboxylic acid groups (broad SMARTS) is 2. The van der Waals surface area contributed by atoms with Crippen LogP contribution in [0.2, 0.25) is 0 Å². The van der Waals surface area contributed by atoms with Crippen LogP contribution in [0.4, 0.5) is 0 Å². The highest BCUT2D eigenvalue weighted by Gasteiger charge is 2.16. The van der Waals surface area contributed by atoms with Crippen molar-refractivity contribution in [2.75, 3.05) is 0 Å². The minimum Gasteiger partial charge on any atom is -0.478 e. The molecule has 0 atom stereocenters. The lowest BCUT2D eigenvalue weighted by molar-refractivity contribution is -0.120. The zero-order valence-electron chi connectivity index (χ0n) is 28.7. The summed E-state index contributed by atoms with van der Waals surface area (Å²) in [6.07, 6.45) is 0. The molecular weight excluding hydrogens is 693 g/mol. The third-order valence-electron chi connectivity index (χ3n) is 9.53. The van der Waals surface area contributed by atoms with Gasteiger partial charge >= 0.3 is 11.9 Å². The topological polar surface area (TPSA) is 152 Å². The first-order valence-electron chi connectivity index (χ1n) is 17.2. The van der Waals surface area contributed by atoms with Crippen molar-refractivity contribution in [3.05, 3.63) is 151 Å². The maximum absolute atomic E-state index is 12.5. The SMILES string of the molecule is O=COc1cccc(-c2ccc3ccc4ccc(-c5cc(C(=O)O)cc(-c6ccc7ccc8ccc(-c9cccc(C(=O)O)c9)nc8c7n6)c5)nc4c3n2)c1. The molecule has 0 aliphatic heterocycles. The van der Waals surface area contributed by atoms with Crippen LogP contribution in [0.25, 0.3) is 88.6 Å². The van der Waals surface area contributed by atoms with Gasteiger partial charge in [0.15, 0.2) is 0 Å². The number of hydrogen-bond acceptors (Lipinski definition) is 8. The number of aromatic carboxylic acids is 2. The molecule has 4 aromatic heterocycles. The molecule has 0 unspecified atom stereocenters. The van der Waals surface area contributed by atoms with Crippen LogP contribution in [0.1, 0.15) is 20.7 Å². The van der Waals surface area contributed by atoms with Gasteiger partial charge in [-0.05, 0) is 66.7 Å². The molecule has 0 aliphatic rings. The number of carbonyl (C=O) groups is 3. The van der Waals surface area contributed by atoms with Crippen molar-refractivity contribution in [2.45, 2.75) is 0 Å². The average molecular weight is 719 g/mol. The first-order chi connectivity index (χ1) is 26.8. The summed E-state index contributed by atoms with van der Waals surface area (Å²) < 4.78 is 5.04. The minimum absolute atomic E-state index is 0.0729. The van der Waals surface area contributed by atoms with Crippen LogP contribution in [-0.2, 0) is 4.79 Å². The number of hydrogen-bond donors (Lipinski definition) is 2. The molecule has 10 heteroatoms. The molecule has 2 N–H and O–H groups in total. The molecule has 10 nitrogen and oxygen atoms in total. The van der Waals surface area contributed by atoms with E-state index in [9.17, 15) is 24.6 Å². The molecule has 0 saturated heterocycles. The van der Waals surface area contributed by atoms with E-state index in [0.29, 0.717) is 73.8 Å². The number of carboxylic acids is 2. The molecule has 55 heavy (non-hydrogen) atoms. The summed E-state index contributed by atoms with van der Waals surface area (Å²) in [7, 11) is 0. The predicted molar refractivity (Wildman–Crippen MR) is 210 cm³/mol. The molecule has 0 bridgehead atoms. The second-order valence-electron chi connectivity index (χ2n) is 12.9. The lowest BCUT2D eigenvalue weighted by atomic mass is 9.99. The van der Waals surface area contributed by atoms with Crippen LogP contribution in [0, 0.1) is 0 Å². The molecule has 0 fully saturated rings. The van der Waals surface area contributed by atoms with Gasteiger partial charge < -0.3 is 14.9 Å². The van der Waals surface area contributed by atoms with Gasteiger partial charge in [-0.3, -0.25) is 4.79 Å². The Morgan fingerprint density at radius 3 is 1.25 bits per heavy atom. The lowest BCUT2D eigenvalue weighted by Gasteiger charge is -2.11. The molecule has 9 rings (SSSR count). The summed E-state index contributed by atoms with van der Waals surface area (Å²) in [5.41, 5.74) is 7.76. The molecule has 5 aromatic carbocycles. The van der Waals surface area contributed by atoms with Gasteiger partial charge in [0.1, 0.15) is 5.75 Å². The fourth-order valence-corrected chi connectivity index (χ4v) is 6.82.